The zero-order chi connectivity index (χ0) is 11.8. The number of aromatic nitrogens is 4. The highest BCUT2D eigenvalue weighted by atomic mass is 32.1. The van der Waals surface area contributed by atoms with Gasteiger partial charge in [0.2, 0.25) is 4.96 Å². The molecule has 2 N–H and O–H groups in total. The lowest BCUT2D eigenvalue weighted by Crippen LogP contribution is -2.17. The molecule has 3 heterocycles. The predicted molar refractivity (Wildman–Crippen MR) is 63.9 cm³/mol. The Hall–Kier alpha value is -1.05. The second kappa shape index (κ2) is 4.32. The normalized spacial score (nSPS) is 22.4. The van der Waals surface area contributed by atoms with E-state index in [1.807, 2.05) is 6.92 Å². The van der Waals surface area contributed by atoms with Gasteiger partial charge in [-0.25, -0.2) is 0 Å². The van der Waals surface area contributed by atoms with E-state index in [1.54, 1.807) is 15.9 Å². The molecule has 0 aromatic carbocycles. The van der Waals surface area contributed by atoms with Crippen molar-refractivity contribution in [1.29, 1.82) is 0 Å². The molecule has 0 amide bonds. The van der Waals surface area contributed by atoms with E-state index in [9.17, 15) is 0 Å². The Morgan fingerprint density at radius 1 is 1.59 bits per heavy atom. The van der Waals surface area contributed by atoms with E-state index in [1.165, 1.54) is 0 Å². The van der Waals surface area contributed by atoms with Crippen LogP contribution in [0.25, 0.3) is 4.96 Å². The number of ether oxygens (including phenoxy) is 1. The van der Waals surface area contributed by atoms with Crippen molar-refractivity contribution in [2.45, 2.75) is 38.3 Å². The lowest BCUT2D eigenvalue weighted by atomic mass is 10.2. The number of nitrogens with two attached hydrogens (primary N) is 1. The van der Waals surface area contributed by atoms with Gasteiger partial charge in [-0.2, -0.15) is 9.61 Å². The van der Waals surface area contributed by atoms with Gasteiger partial charge in [0, 0.05) is 19.1 Å². The Morgan fingerprint density at radius 3 is 3.18 bits per heavy atom. The summed E-state index contributed by atoms with van der Waals surface area (Å²) in [6.07, 6.45) is 2.91. The van der Waals surface area contributed by atoms with E-state index in [0.717, 1.165) is 41.7 Å². The molecule has 1 aliphatic rings. The quantitative estimate of drug-likeness (QED) is 0.880. The molecule has 2 aromatic rings. The minimum atomic E-state index is 0.0512. The maximum Gasteiger partial charge on any atom is 0.234 e. The first-order valence-corrected chi connectivity index (χ1v) is 6.64. The third kappa shape index (κ3) is 2.05. The van der Waals surface area contributed by atoms with Crippen LogP contribution >= 0.6 is 11.3 Å². The van der Waals surface area contributed by atoms with Gasteiger partial charge in [0.15, 0.2) is 5.82 Å². The maximum absolute atomic E-state index is 5.77. The van der Waals surface area contributed by atoms with Crippen LogP contribution in [-0.4, -0.2) is 32.5 Å². The first-order chi connectivity index (χ1) is 8.24. The molecular weight excluding hydrogens is 238 g/mol. The highest BCUT2D eigenvalue weighted by Crippen LogP contribution is 2.28. The number of rotatable bonds is 3. The molecule has 2 aromatic heterocycles. The summed E-state index contributed by atoms with van der Waals surface area (Å²) < 4.78 is 7.42. The van der Waals surface area contributed by atoms with Gasteiger partial charge in [-0.1, -0.05) is 11.3 Å². The van der Waals surface area contributed by atoms with Crippen molar-refractivity contribution in [2.24, 2.45) is 5.73 Å². The summed E-state index contributed by atoms with van der Waals surface area (Å²) in [6, 6.07) is 0.116. The zero-order valence-corrected chi connectivity index (χ0v) is 10.5. The van der Waals surface area contributed by atoms with Crippen molar-refractivity contribution < 1.29 is 4.74 Å². The Balaban J connectivity index is 1.93. The molecule has 0 bridgehead atoms. The molecule has 2 atom stereocenters. The highest BCUT2D eigenvalue weighted by molar-refractivity contribution is 7.16. The summed E-state index contributed by atoms with van der Waals surface area (Å²) in [4.78, 5) is 0.825. The second-order valence-electron chi connectivity index (χ2n) is 4.43. The van der Waals surface area contributed by atoms with Gasteiger partial charge in [0.05, 0.1) is 0 Å². The molecule has 7 heteroatoms. The molecule has 1 aliphatic heterocycles. The van der Waals surface area contributed by atoms with Crippen LogP contribution in [0.1, 0.15) is 36.7 Å². The summed E-state index contributed by atoms with van der Waals surface area (Å²) in [6.45, 7) is 2.78. The Kier molecular flexibility index (Phi) is 2.81. The van der Waals surface area contributed by atoms with Crippen LogP contribution in [0.5, 0.6) is 0 Å². The summed E-state index contributed by atoms with van der Waals surface area (Å²) in [7, 11) is 0. The smallest absolute Gasteiger partial charge is 0.234 e. The largest absolute Gasteiger partial charge is 0.370 e. The van der Waals surface area contributed by atoms with Crippen LogP contribution < -0.4 is 5.73 Å². The van der Waals surface area contributed by atoms with Crippen molar-refractivity contribution in [1.82, 2.24) is 19.8 Å². The van der Waals surface area contributed by atoms with Gasteiger partial charge in [-0.15, -0.1) is 10.2 Å². The molecule has 0 aliphatic carbocycles. The molecule has 0 spiro atoms. The van der Waals surface area contributed by atoms with Crippen LogP contribution in [-0.2, 0) is 11.2 Å². The minimum absolute atomic E-state index is 0.0512. The van der Waals surface area contributed by atoms with Gasteiger partial charge in [-0.3, -0.25) is 0 Å². The fourth-order valence-corrected chi connectivity index (χ4v) is 2.99. The van der Waals surface area contributed by atoms with Crippen molar-refractivity contribution in [3.63, 3.8) is 0 Å². The third-order valence-electron chi connectivity index (χ3n) is 2.77. The standard InChI is InChI=1S/C10H15N5OS/c1-6(11)5-8-14-15-9(7-3-2-4-16-7)12-13-10(15)17-8/h6-7H,2-5,11H2,1H3. The monoisotopic (exact) mass is 253 g/mol. The average Bonchev–Trinajstić information content (AvgIpc) is 2.89. The Labute approximate surface area is 103 Å². The lowest BCUT2D eigenvalue weighted by molar-refractivity contribution is 0.103. The number of hydrogen-bond donors (Lipinski definition) is 1. The highest BCUT2D eigenvalue weighted by Gasteiger charge is 2.24. The molecule has 2 unspecified atom stereocenters. The predicted octanol–water partition coefficient (Wildman–Crippen LogP) is 0.927. The number of nitrogens with zero attached hydrogens (tertiary/aromatic N) is 4. The average molecular weight is 253 g/mol. The number of fused-ring (bicyclic) bond motifs is 1. The third-order valence-corrected chi connectivity index (χ3v) is 3.69. The van der Waals surface area contributed by atoms with Gasteiger partial charge >= 0.3 is 0 Å². The lowest BCUT2D eigenvalue weighted by Gasteiger charge is -2.04. The van der Waals surface area contributed by atoms with Crippen LogP contribution in [0, 0.1) is 0 Å². The summed E-state index contributed by atoms with van der Waals surface area (Å²) in [5, 5.41) is 13.8. The molecule has 6 nitrogen and oxygen atoms in total. The Bertz CT molecular complexity index is 514. The fourth-order valence-electron chi connectivity index (χ4n) is 2.01. The van der Waals surface area contributed by atoms with Crippen molar-refractivity contribution >= 4 is 16.3 Å². The summed E-state index contributed by atoms with van der Waals surface area (Å²) in [5.41, 5.74) is 5.77. The summed E-state index contributed by atoms with van der Waals surface area (Å²) in [5.74, 6) is 0.824. The minimum Gasteiger partial charge on any atom is -0.370 e. The van der Waals surface area contributed by atoms with Gasteiger partial charge in [0.25, 0.3) is 0 Å². The van der Waals surface area contributed by atoms with Gasteiger partial charge in [-0.05, 0) is 19.8 Å². The van der Waals surface area contributed by atoms with E-state index < -0.39 is 0 Å². The van der Waals surface area contributed by atoms with Crippen molar-refractivity contribution in [2.75, 3.05) is 6.61 Å². The second-order valence-corrected chi connectivity index (χ2v) is 5.47. The summed E-state index contributed by atoms with van der Waals surface area (Å²) >= 11 is 1.55. The molecule has 1 saturated heterocycles. The van der Waals surface area contributed by atoms with Crippen LogP contribution in [0.4, 0.5) is 0 Å². The molecule has 0 saturated carbocycles. The molecule has 0 radical (unpaired) electrons. The topological polar surface area (TPSA) is 78.3 Å². The molecule has 17 heavy (non-hydrogen) atoms. The molecular formula is C10H15N5OS. The Morgan fingerprint density at radius 2 is 2.47 bits per heavy atom. The van der Waals surface area contributed by atoms with E-state index in [0.29, 0.717) is 0 Å². The van der Waals surface area contributed by atoms with E-state index >= 15 is 0 Å². The van der Waals surface area contributed by atoms with Crippen molar-refractivity contribution in [3.05, 3.63) is 10.8 Å². The SMILES string of the molecule is CC(N)Cc1nn2c(C3CCCO3)nnc2s1. The van der Waals surface area contributed by atoms with E-state index in [2.05, 4.69) is 15.3 Å². The number of hydrogen-bond acceptors (Lipinski definition) is 6. The fraction of sp³-hybridized carbons (Fsp3) is 0.700. The van der Waals surface area contributed by atoms with Crippen LogP contribution in [0.2, 0.25) is 0 Å². The van der Waals surface area contributed by atoms with Crippen LogP contribution in [0.3, 0.4) is 0 Å². The van der Waals surface area contributed by atoms with Gasteiger partial charge in [0.1, 0.15) is 11.1 Å². The maximum atomic E-state index is 5.77. The van der Waals surface area contributed by atoms with Crippen molar-refractivity contribution in [3.8, 4) is 0 Å². The first-order valence-electron chi connectivity index (χ1n) is 5.82. The molecule has 1 fully saturated rings. The first kappa shape index (κ1) is 11.1. The zero-order valence-electron chi connectivity index (χ0n) is 9.67. The van der Waals surface area contributed by atoms with E-state index in [4.69, 9.17) is 10.5 Å². The van der Waals surface area contributed by atoms with Crippen LogP contribution in [0.15, 0.2) is 0 Å². The molecule has 92 valence electrons. The van der Waals surface area contributed by atoms with Gasteiger partial charge < -0.3 is 10.5 Å². The van der Waals surface area contributed by atoms with E-state index in [-0.39, 0.29) is 12.1 Å². The molecule has 3 rings (SSSR count).